The Morgan fingerprint density at radius 1 is 1.21 bits per heavy atom. The van der Waals surface area contributed by atoms with Crippen molar-refractivity contribution in [1.82, 2.24) is 18.8 Å². The van der Waals surface area contributed by atoms with Crippen molar-refractivity contribution in [3.8, 4) is 0 Å². The van der Waals surface area contributed by atoms with Gasteiger partial charge in [-0.2, -0.15) is 4.98 Å². The summed E-state index contributed by atoms with van der Waals surface area (Å²) in [6.07, 6.45) is 8.28. The summed E-state index contributed by atoms with van der Waals surface area (Å²) in [5, 5.41) is 14.3. The monoisotopic (exact) mass is 417 g/mol. The summed E-state index contributed by atoms with van der Waals surface area (Å²) in [6.45, 7) is 5.63. The summed E-state index contributed by atoms with van der Waals surface area (Å²) in [5.74, 6) is 1.31. The Morgan fingerprint density at radius 2 is 1.93 bits per heavy atom. The molecular formula is C21H31N5O2S. The number of hydrogen-bond donors (Lipinski definition) is 2. The molecule has 1 aliphatic carbocycles. The molecule has 0 amide bonds. The van der Waals surface area contributed by atoms with Gasteiger partial charge in [0.1, 0.15) is 5.65 Å². The van der Waals surface area contributed by atoms with Gasteiger partial charge < -0.3 is 10.4 Å². The molecule has 29 heavy (non-hydrogen) atoms. The second kappa shape index (κ2) is 8.62. The largest absolute Gasteiger partial charge is 0.390 e. The van der Waals surface area contributed by atoms with Crippen LogP contribution in [0.5, 0.6) is 0 Å². The van der Waals surface area contributed by atoms with Gasteiger partial charge in [-0.1, -0.05) is 24.8 Å². The van der Waals surface area contributed by atoms with E-state index in [1.807, 2.05) is 30.7 Å². The highest BCUT2D eigenvalue weighted by atomic mass is 32.2. The molecule has 2 fully saturated rings. The second-order valence-corrected chi connectivity index (χ2v) is 9.95. The zero-order chi connectivity index (χ0) is 20.4. The number of pyridine rings is 1. The van der Waals surface area contributed by atoms with Gasteiger partial charge >= 0.3 is 0 Å². The lowest BCUT2D eigenvalue weighted by molar-refractivity contribution is 0.106. The summed E-state index contributed by atoms with van der Waals surface area (Å²) in [7, 11) is 0. The lowest BCUT2D eigenvalue weighted by Gasteiger charge is -2.32. The Hall–Kier alpha value is -1.64. The zero-order valence-electron chi connectivity index (χ0n) is 17.3. The van der Waals surface area contributed by atoms with Crippen LogP contribution < -0.4 is 10.9 Å². The topological polar surface area (TPSA) is 83.3 Å². The predicted octanol–water partition coefficient (Wildman–Crippen LogP) is 3.20. The molecule has 2 N–H and O–H groups in total. The number of aliphatic hydroxyl groups is 1. The Bertz CT molecular complexity index is 896. The van der Waals surface area contributed by atoms with Crippen LogP contribution in [0.25, 0.3) is 11.0 Å². The molecule has 0 bridgehead atoms. The van der Waals surface area contributed by atoms with Crippen LogP contribution in [-0.2, 0) is 0 Å². The van der Waals surface area contributed by atoms with E-state index in [9.17, 15) is 9.90 Å². The molecule has 8 heteroatoms. The maximum Gasteiger partial charge on any atom is 0.252 e. The summed E-state index contributed by atoms with van der Waals surface area (Å²) in [4.78, 5) is 21.8. The third kappa shape index (κ3) is 5.10. The van der Waals surface area contributed by atoms with Crippen molar-refractivity contribution < 1.29 is 5.11 Å². The van der Waals surface area contributed by atoms with Crippen LogP contribution in [0.3, 0.4) is 0 Å². The van der Waals surface area contributed by atoms with Gasteiger partial charge in [0.05, 0.1) is 5.60 Å². The number of piperidine rings is 1. The summed E-state index contributed by atoms with van der Waals surface area (Å²) >= 11 is 1.72. The molecule has 0 unspecified atom stereocenters. The average molecular weight is 418 g/mol. The fourth-order valence-corrected chi connectivity index (χ4v) is 5.15. The molecule has 4 rings (SSSR count). The molecular weight excluding hydrogens is 386 g/mol. The van der Waals surface area contributed by atoms with E-state index in [4.69, 9.17) is 4.98 Å². The van der Waals surface area contributed by atoms with Crippen LogP contribution >= 0.6 is 11.9 Å². The van der Waals surface area contributed by atoms with Gasteiger partial charge in [-0.15, -0.1) is 0 Å². The number of hydrogen-bond acceptors (Lipinski definition) is 7. The van der Waals surface area contributed by atoms with Gasteiger partial charge in [-0.3, -0.25) is 13.7 Å². The van der Waals surface area contributed by atoms with Crippen LogP contribution in [0.15, 0.2) is 23.1 Å². The van der Waals surface area contributed by atoms with Crippen molar-refractivity contribution in [2.45, 2.75) is 70.1 Å². The normalized spacial score (nSPS) is 19.8. The highest BCUT2D eigenvalue weighted by Gasteiger charge is 2.24. The van der Waals surface area contributed by atoms with Crippen molar-refractivity contribution >= 4 is 28.9 Å². The SMILES string of the molecule is CC(C)(O)CSN1CCC(Nc2ncc3ccc(=O)n(C4CCCC4)c3n2)CC1. The fourth-order valence-electron chi connectivity index (χ4n) is 4.18. The first-order valence-electron chi connectivity index (χ1n) is 10.6. The minimum Gasteiger partial charge on any atom is -0.390 e. The quantitative estimate of drug-likeness (QED) is 0.698. The predicted molar refractivity (Wildman–Crippen MR) is 118 cm³/mol. The standard InChI is InChI=1S/C21H31N5O2S/c1-21(2,28)14-29-25-11-9-16(10-12-25)23-20-22-13-15-7-8-18(27)26(19(15)24-20)17-5-3-4-6-17/h7-8,13,16-17,28H,3-6,9-12,14H2,1-2H3,(H,22,23,24). The van der Waals surface area contributed by atoms with Crippen molar-refractivity contribution in [3.63, 3.8) is 0 Å². The molecule has 7 nitrogen and oxygen atoms in total. The minimum absolute atomic E-state index is 0.0335. The molecule has 0 radical (unpaired) electrons. The first-order chi connectivity index (χ1) is 13.9. The molecule has 0 atom stereocenters. The van der Waals surface area contributed by atoms with Gasteiger partial charge in [0, 0.05) is 48.6 Å². The maximum absolute atomic E-state index is 12.5. The van der Waals surface area contributed by atoms with Gasteiger partial charge in [-0.25, -0.2) is 4.98 Å². The fraction of sp³-hybridized carbons (Fsp3) is 0.667. The first-order valence-corrected chi connectivity index (χ1v) is 11.6. The molecule has 2 aromatic heterocycles. The highest BCUT2D eigenvalue weighted by Crippen LogP contribution is 2.30. The van der Waals surface area contributed by atoms with Crippen LogP contribution in [0.1, 0.15) is 58.4 Å². The highest BCUT2D eigenvalue weighted by molar-refractivity contribution is 7.97. The van der Waals surface area contributed by atoms with Gasteiger partial charge in [0.25, 0.3) is 5.56 Å². The Balaban J connectivity index is 1.44. The third-order valence-electron chi connectivity index (χ3n) is 5.74. The molecule has 0 aromatic carbocycles. The van der Waals surface area contributed by atoms with E-state index in [1.54, 1.807) is 18.0 Å². The van der Waals surface area contributed by atoms with Gasteiger partial charge in [0.15, 0.2) is 0 Å². The second-order valence-electron chi connectivity index (χ2n) is 8.89. The number of fused-ring (bicyclic) bond motifs is 1. The first kappa shape index (κ1) is 20.6. The van der Waals surface area contributed by atoms with Gasteiger partial charge in [-0.05, 0) is 45.6 Å². The molecule has 2 aromatic rings. The van der Waals surface area contributed by atoms with Crippen LogP contribution in [0.2, 0.25) is 0 Å². The summed E-state index contributed by atoms with van der Waals surface area (Å²) in [5.41, 5.74) is 0.139. The molecule has 1 saturated heterocycles. The van der Waals surface area contributed by atoms with Crippen molar-refractivity contribution in [2.24, 2.45) is 0 Å². The van der Waals surface area contributed by atoms with Crippen LogP contribution in [0.4, 0.5) is 5.95 Å². The number of nitrogens with zero attached hydrogens (tertiary/aromatic N) is 4. The number of nitrogens with one attached hydrogen (secondary N) is 1. The average Bonchev–Trinajstić information content (AvgIpc) is 3.21. The lowest BCUT2D eigenvalue weighted by Crippen LogP contribution is -2.37. The Morgan fingerprint density at radius 3 is 2.62 bits per heavy atom. The van der Waals surface area contributed by atoms with E-state index in [1.165, 1.54) is 12.8 Å². The molecule has 158 valence electrons. The van der Waals surface area contributed by atoms with E-state index >= 15 is 0 Å². The van der Waals surface area contributed by atoms with Crippen molar-refractivity contribution in [2.75, 3.05) is 24.2 Å². The smallest absolute Gasteiger partial charge is 0.252 e. The number of aromatic nitrogens is 3. The third-order valence-corrected chi connectivity index (χ3v) is 7.31. The number of rotatable bonds is 6. The van der Waals surface area contributed by atoms with E-state index in [0.29, 0.717) is 17.7 Å². The molecule has 1 aliphatic heterocycles. The molecule has 3 heterocycles. The van der Waals surface area contributed by atoms with Crippen LogP contribution in [-0.4, -0.2) is 54.4 Å². The Labute approximate surface area is 176 Å². The van der Waals surface area contributed by atoms with Crippen LogP contribution in [0, 0.1) is 0 Å². The van der Waals surface area contributed by atoms with E-state index in [0.717, 1.165) is 49.8 Å². The molecule has 1 saturated carbocycles. The zero-order valence-corrected chi connectivity index (χ0v) is 18.1. The van der Waals surface area contributed by atoms with Crippen molar-refractivity contribution in [1.29, 1.82) is 0 Å². The minimum atomic E-state index is -0.645. The maximum atomic E-state index is 12.5. The van der Waals surface area contributed by atoms with E-state index in [2.05, 4.69) is 14.6 Å². The van der Waals surface area contributed by atoms with E-state index in [-0.39, 0.29) is 11.6 Å². The van der Waals surface area contributed by atoms with Crippen molar-refractivity contribution in [3.05, 3.63) is 28.7 Å². The number of anilines is 1. The lowest BCUT2D eigenvalue weighted by atomic mass is 10.1. The summed E-state index contributed by atoms with van der Waals surface area (Å²) < 4.78 is 4.21. The summed E-state index contributed by atoms with van der Waals surface area (Å²) in [6, 6.07) is 4.04. The van der Waals surface area contributed by atoms with E-state index < -0.39 is 5.60 Å². The Kier molecular flexibility index (Phi) is 6.13. The molecule has 2 aliphatic rings. The molecule has 0 spiro atoms. The van der Waals surface area contributed by atoms with Gasteiger partial charge in [0.2, 0.25) is 5.95 Å².